The number of hydrogen-bond donors (Lipinski definition) is 1. The predicted molar refractivity (Wildman–Crippen MR) is 78.1 cm³/mol. The highest BCUT2D eigenvalue weighted by Crippen LogP contribution is 2.22. The molecule has 0 radical (unpaired) electrons. The first-order valence-electron chi connectivity index (χ1n) is 7.85. The fourth-order valence-corrected chi connectivity index (χ4v) is 2.96. The molecular formula is C15H30N2O2. The van der Waals surface area contributed by atoms with Gasteiger partial charge in [0.1, 0.15) is 0 Å². The number of nitrogens with zero attached hydrogens (tertiary/aromatic N) is 2. The molecular weight excluding hydrogens is 240 g/mol. The predicted octanol–water partition coefficient (Wildman–Crippen LogP) is 1.87. The molecule has 1 saturated carbocycles. The maximum absolute atomic E-state index is 12.4. The van der Waals surface area contributed by atoms with Crippen LogP contribution in [0.25, 0.3) is 0 Å². The van der Waals surface area contributed by atoms with E-state index in [1.54, 1.807) is 0 Å². The zero-order valence-electron chi connectivity index (χ0n) is 12.6. The van der Waals surface area contributed by atoms with Crippen molar-refractivity contribution in [1.82, 2.24) is 9.80 Å². The monoisotopic (exact) mass is 270 g/mol. The minimum Gasteiger partial charge on any atom is -0.396 e. The highest BCUT2D eigenvalue weighted by atomic mass is 16.3. The Kier molecular flexibility index (Phi) is 8.07. The number of likely N-dealkylation sites (N-methyl/N-ethyl adjacent to an activating group) is 2. The molecule has 1 amide bonds. The SMILES string of the molecule is CCN(CCCO)CC(=O)N(CC)C1CCCCC1. The molecule has 0 bridgehead atoms. The molecule has 0 aromatic carbocycles. The van der Waals surface area contributed by atoms with E-state index in [0.717, 1.165) is 26.1 Å². The maximum Gasteiger partial charge on any atom is 0.236 e. The van der Waals surface area contributed by atoms with Gasteiger partial charge in [0.25, 0.3) is 0 Å². The Bertz CT molecular complexity index is 253. The molecule has 0 spiro atoms. The van der Waals surface area contributed by atoms with Crippen LogP contribution in [0.15, 0.2) is 0 Å². The van der Waals surface area contributed by atoms with Crippen LogP contribution in [0.1, 0.15) is 52.4 Å². The highest BCUT2D eigenvalue weighted by molar-refractivity contribution is 5.78. The second-order valence-corrected chi connectivity index (χ2v) is 5.42. The van der Waals surface area contributed by atoms with E-state index in [4.69, 9.17) is 5.11 Å². The molecule has 0 unspecified atom stereocenters. The molecule has 1 fully saturated rings. The molecule has 1 aliphatic carbocycles. The van der Waals surface area contributed by atoms with Gasteiger partial charge in [0, 0.05) is 25.7 Å². The number of amides is 1. The van der Waals surface area contributed by atoms with Crippen molar-refractivity contribution in [3.05, 3.63) is 0 Å². The lowest BCUT2D eigenvalue weighted by molar-refractivity contribution is -0.135. The van der Waals surface area contributed by atoms with E-state index in [2.05, 4.69) is 23.6 Å². The van der Waals surface area contributed by atoms with Crippen molar-refractivity contribution in [2.75, 3.05) is 32.8 Å². The summed E-state index contributed by atoms with van der Waals surface area (Å²) in [5.74, 6) is 0.259. The van der Waals surface area contributed by atoms with Crippen LogP contribution < -0.4 is 0 Å². The first-order chi connectivity index (χ1) is 9.22. The Morgan fingerprint density at radius 3 is 2.37 bits per heavy atom. The summed E-state index contributed by atoms with van der Waals surface area (Å²) in [5, 5.41) is 8.88. The second kappa shape index (κ2) is 9.32. The molecule has 1 aliphatic rings. The highest BCUT2D eigenvalue weighted by Gasteiger charge is 2.24. The van der Waals surface area contributed by atoms with Gasteiger partial charge in [-0.25, -0.2) is 0 Å². The van der Waals surface area contributed by atoms with E-state index in [1.807, 2.05) is 0 Å². The number of aliphatic hydroxyl groups excluding tert-OH is 1. The van der Waals surface area contributed by atoms with E-state index < -0.39 is 0 Å². The van der Waals surface area contributed by atoms with Gasteiger partial charge in [0.05, 0.1) is 6.54 Å². The lowest BCUT2D eigenvalue weighted by Gasteiger charge is -2.35. The summed E-state index contributed by atoms with van der Waals surface area (Å²) in [4.78, 5) is 16.6. The van der Waals surface area contributed by atoms with Crippen molar-refractivity contribution in [3.8, 4) is 0 Å². The fourth-order valence-electron chi connectivity index (χ4n) is 2.96. The maximum atomic E-state index is 12.4. The Labute approximate surface area is 117 Å². The van der Waals surface area contributed by atoms with E-state index in [1.165, 1.54) is 32.1 Å². The number of rotatable bonds is 8. The van der Waals surface area contributed by atoms with Crippen molar-refractivity contribution in [3.63, 3.8) is 0 Å². The zero-order valence-corrected chi connectivity index (χ0v) is 12.6. The largest absolute Gasteiger partial charge is 0.396 e. The topological polar surface area (TPSA) is 43.8 Å². The first kappa shape index (κ1) is 16.4. The Hall–Kier alpha value is -0.610. The van der Waals surface area contributed by atoms with E-state index in [-0.39, 0.29) is 12.5 Å². The van der Waals surface area contributed by atoms with Gasteiger partial charge >= 0.3 is 0 Å². The van der Waals surface area contributed by atoms with Crippen LogP contribution in [0.3, 0.4) is 0 Å². The molecule has 0 aromatic rings. The third-order valence-electron chi connectivity index (χ3n) is 4.12. The smallest absolute Gasteiger partial charge is 0.236 e. The number of aliphatic hydroxyl groups is 1. The van der Waals surface area contributed by atoms with Crippen molar-refractivity contribution in [1.29, 1.82) is 0 Å². The van der Waals surface area contributed by atoms with Gasteiger partial charge in [-0.15, -0.1) is 0 Å². The number of carbonyl (C=O) groups is 1. The standard InChI is InChI=1S/C15H30N2O2/c1-3-16(11-8-12-18)13-15(19)17(4-2)14-9-6-5-7-10-14/h14,18H,3-13H2,1-2H3. The van der Waals surface area contributed by atoms with E-state index in [9.17, 15) is 4.79 Å². The molecule has 0 aromatic heterocycles. The van der Waals surface area contributed by atoms with E-state index >= 15 is 0 Å². The van der Waals surface area contributed by atoms with Crippen LogP contribution in [0.4, 0.5) is 0 Å². The Morgan fingerprint density at radius 2 is 1.84 bits per heavy atom. The van der Waals surface area contributed by atoms with Gasteiger partial charge in [-0.05, 0) is 32.7 Å². The average Bonchev–Trinajstić information content (AvgIpc) is 2.45. The van der Waals surface area contributed by atoms with Gasteiger partial charge in [0.2, 0.25) is 5.91 Å². The lowest BCUT2D eigenvalue weighted by atomic mass is 9.94. The summed E-state index contributed by atoms with van der Waals surface area (Å²) in [6.07, 6.45) is 6.92. The summed E-state index contributed by atoms with van der Waals surface area (Å²) < 4.78 is 0. The summed E-state index contributed by atoms with van der Waals surface area (Å²) in [7, 11) is 0. The Balaban J connectivity index is 2.47. The van der Waals surface area contributed by atoms with Gasteiger partial charge in [-0.3, -0.25) is 9.69 Å². The second-order valence-electron chi connectivity index (χ2n) is 5.42. The number of hydrogen-bond acceptors (Lipinski definition) is 3. The van der Waals surface area contributed by atoms with Crippen LogP contribution in [-0.2, 0) is 4.79 Å². The Morgan fingerprint density at radius 1 is 1.16 bits per heavy atom. The van der Waals surface area contributed by atoms with Gasteiger partial charge in [0.15, 0.2) is 0 Å². The molecule has 19 heavy (non-hydrogen) atoms. The molecule has 4 nitrogen and oxygen atoms in total. The van der Waals surface area contributed by atoms with Crippen molar-refractivity contribution >= 4 is 5.91 Å². The fraction of sp³-hybridized carbons (Fsp3) is 0.933. The molecule has 0 aliphatic heterocycles. The molecule has 0 saturated heterocycles. The summed E-state index contributed by atoms with van der Waals surface area (Å²) in [6, 6.07) is 0.461. The quantitative estimate of drug-likeness (QED) is 0.732. The zero-order chi connectivity index (χ0) is 14.1. The van der Waals surface area contributed by atoms with Crippen molar-refractivity contribution in [2.45, 2.75) is 58.4 Å². The minimum atomic E-state index is 0.199. The van der Waals surface area contributed by atoms with Crippen LogP contribution in [0, 0.1) is 0 Å². The van der Waals surface area contributed by atoms with Crippen LogP contribution in [0.5, 0.6) is 0 Å². The average molecular weight is 270 g/mol. The van der Waals surface area contributed by atoms with Gasteiger partial charge in [-0.1, -0.05) is 26.2 Å². The number of carbonyl (C=O) groups excluding carboxylic acids is 1. The van der Waals surface area contributed by atoms with Gasteiger partial charge < -0.3 is 10.0 Å². The molecule has 1 N–H and O–H groups in total. The van der Waals surface area contributed by atoms with E-state index in [0.29, 0.717) is 12.6 Å². The molecule has 112 valence electrons. The van der Waals surface area contributed by atoms with Crippen LogP contribution in [-0.4, -0.2) is 59.6 Å². The van der Waals surface area contributed by atoms with Crippen LogP contribution in [0.2, 0.25) is 0 Å². The van der Waals surface area contributed by atoms with Crippen molar-refractivity contribution in [2.24, 2.45) is 0 Å². The molecule has 1 rings (SSSR count). The van der Waals surface area contributed by atoms with Crippen LogP contribution >= 0.6 is 0 Å². The van der Waals surface area contributed by atoms with Gasteiger partial charge in [-0.2, -0.15) is 0 Å². The molecule has 4 heteroatoms. The van der Waals surface area contributed by atoms with Crippen molar-refractivity contribution < 1.29 is 9.90 Å². The third kappa shape index (κ3) is 5.49. The normalized spacial score (nSPS) is 16.8. The third-order valence-corrected chi connectivity index (χ3v) is 4.12. The summed E-state index contributed by atoms with van der Waals surface area (Å²) >= 11 is 0. The molecule has 0 atom stereocenters. The lowest BCUT2D eigenvalue weighted by Crippen LogP contribution is -2.46. The minimum absolute atomic E-state index is 0.199. The molecule has 0 heterocycles. The summed E-state index contributed by atoms with van der Waals surface area (Å²) in [6.45, 7) is 7.35. The first-order valence-corrected chi connectivity index (χ1v) is 7.85. The summed E-state index contributed by atoms with van der Waals surface area (Å²) in [5.41, 5.74) is 0.